The smallest absolute Gasteiger partial charge is 0.317 e. The maximum Gasteiger partial charge on any atom is 0.317 e. The van der Waals surface area contributed by atoms with Crippen LogP contribution in [0.4, 0.5) is 10.6 Å². The van der Waals surface area contributed by atoms with Crippen molar-refractivity contribution in [2.24, 2.45) is 0 Å². The molecule has 1 saturated heterocycles. The van der Waals surface area contributed by atoms with Crippen molar-refractivity contribution in [2.45, 2.75) is 6.42 Å². The largest absolute Gasteiger partial charge is 0.493 e. The second-order valence-corrected chi connectivity index (χ2v) is 8.42. The second kappa shape index (κ2) is 10.0. The molecule has 1 N–H and O–H groups in total. The van der Waals surface area contributed by atoms with Crippen LogP contribution in [0.1, 0.15) is 5.56 Å². The van der Waals surface area contributed by atoms with Gasteiger partial charge >= 0.3 is 6.03 Å². The Morgan fingerprint density at radius 1 is 1.03 bits per heavy atom. The van der Waals surface area contributed by atoms with E-state index in [0.29, 0.717) is 44.2 Å². The van der Waals surface area contributed by atoms with E-state index in [1.54, 1.807) is 20.5 Å². The van der Waals surface area contributed by atoms with E-state index in [1.807, 2.05) is 29.2 Å². The molecule has 8 nitrogen and oxygen atoms in total. The molecule has 32 heavy (non-hydrogen) atoms. The standard InChI is InChI=1S/C23H26BrN5O3/c1-31-20-13-18-19(14-21(20)32-2)26-15-27-22(18)28-9-11-29(12-10-28)23(30)25-8-7-16-3-5-17(24)6-4-16/h3-6,13-15H,7-12H2,1-2H3,(H,25,30). The number of carbonyl (C=O) groups is 1. The predicted molar refractivity (Wildman–Crippen MR) is 128 cm³/mol. The van der Waals surface area contributed by atoms with Crippen molar-refractivity contribution in [2.75, 3.05) is 51.8 Å². The molecule has 168 valence electrons. The van der Waals surface area contributed by atoms with Gasteiger partial charge in [-0.1, -0.05) is 28.1 Å². The Morgan fingerprint density at radius 2 is 1.72 bits per heavy atom. The number of carbonyl (C=O) groups excluding carboxylic acids is 1. The zero-order valence-electron chi connectivity index (χ0n) is 18.2. The molecule has 1 aliphatic heterocycles. The summed E-state index contributed by atoms with van der Waals surface area (Å²) in [5.74, 6) is 2.11. The van der Waals surface area contributed by atoms with E-state index in [-0.39, 0.29) is 6.03 Å². The van der Waals surface area contributed by atoms with Gasteiger partial charge in [0, 0.05) is 48.6 Å². The number of hydrogen-bond donors (Lipinski definition) is 1. The van der Waals surface area contributed by atoms with Gasteiger partial charge in [-0.2, -0.15) is 0 Å². The van der Waals surface area contributed by atoms with E-state index < -0.39 is 0 Å². The van der Waals surface area contributed by atoms with Crippen LogP contribution in [-0.4, -0.2) is 67.8 Å². The van der Waals surface area contributed by atoms with Gasteiger partial charge < -0.3 is 24.6 Å². The lowest BCUT2D eigenvalue weighted by atomic mass is 10.1. The molecule has 2 aromatic carbocycles. The van der Waals surface area contributed by atoms with Gasteiger partial charge in [-0.05, 0) is 30.2 Å². The molecular formula is C23H26BrN5O3. The monoisotopic (exact) mass is 499 g/mol. The highest BCUT2D eigenvalue weighted by Crippen LogP contribution is 2.34. The summed E-state index contributed by atoms with van der Waals surface area (Å²) >= 11 is 3.44. The number of hydrogen-bond acceptors (Lipinski definition) is 6. The molecule has 0 spiro atoms. The number of piperazine rings is 1. The quantitative estimate of drug-likeness (QED) is 0.559. The van der Waals surface area contributed by atoms with Crippen molar-refractivity contribution in [1.29, 1.82) is 0 Å². The Hall–Kier alpha value is -3.07. The van der Waals surface area contributed by atoms with Crippen LogP contribution in [0.3, 0.4) is 0 Å². The second-order valence-electron chi connectivity index (χ2n) is 7.50. The van der Waals surface area contributed by atoms with Crippen LogP contribution in [0.15, 0.2) is 47.2 Å². The molecule has 2 heterocycles. The highest BCUT2D eigenvalue weighted by molar-refractivity contribution is 9.10. The van der Waals surface area contributed by atoms with Crippen molar-refractivity contribution in [1.82, 2.24) is 20.2 Å². The van der Waals surface area contributed by atoms with Crippen molar-refractivity contribution in [3.8, 4) is 11.5 Å². The summed E-state index contributed by atoms with van der Waals surface area (Å²) in [6.45, 7) is 3.26. The maximum absolute atomic E-state index is 12.6. The first kappa shape index (κ1) is 22.1. The molecule has 0 unspecified atom stereocenters. The van der Waals surface area contributed by atoms with E-state index in [9.17, 15) is 4.79 Å². The zero-order chi connectivity index (χ0) is 22.5. The van der Waals surface area contributed by atoms with Gasteiger partial charge in [0.15, 0.2) is 11.5 Å². The fourth-order valence-corrected chi connectivity index (χ4v) is 4.08. The predicted octanol–water partition coefficient (Wildman–Crippen LogP) is 3.48. The number of fused-ring (bicyclic) bond motifs is 1. The lowest BCUT2D eigenvalue weighted by Gasteiger charge is -2.35. The lowest BCUT2D eigenvalue weighted by Crippen LogP contribution is -2.52. The Bertz CT molecular complexity index is 1080. The molecule has 1 aromatic heterocycles. The minimum Gasteiger partial charge on any atom is -0.493 e. The molecular weight excluding hydrogens is 474 g/mol. The number of benzene rings is 2. The topological polar surface area (TPSA) is 79.8 Å². The third kappa shape index (κ3) is 4.88. The number of ether oxygens (including phenoxy) is 2. The van der Waals surface area contributed by atoms with Gasteiger partial charge in [0.2, 0.25) is 0 Å². The SMILES string of the molecule is COc1cc2ncnc(N3CCN(C(=O)NCCc4ccc(Br)cc4)CC3)c2cc1OC. The van der Waals surface area contributed by atoms with Crippen LogP contribution in [0.25, 0.3) is 10.9 Å². The van der Waals surface area contributed by atoms with Gasteiger partial charge in [0.1, 0.15) is 12.1 Å². The molecule has 3 aromatic rings. The zero-order valence-corrected chi connectivity index (χ0v) is 19.8. The van der Waals surface area contributed by atoms with Crippen LogP contribution < -0.4 is 19.7 Å². The Labute approximate surface area is 195 Å². The maximum atomic E-state index is 12.6. The average Bonchev–Trinajstić information content (AvgIpc) is 2.84. The number of urea groups is 1. The van der Waals surface area contributed by atoms with E-state index >= 15 is 0 Å². The minimum absolute atomic E-state index is 0.0271. The molecule has 1 fully saturated rings. The molecule has 0 atom stereocenters. The summed E-state index contributed by atoms with van der Waals surface area (Å²) in [5.41, 5.74) is 1.99. The van der Waals surface area contributed by atoms with E-state index in [4.69, 9.17) is 9.47 Å². The van der Waals surface area contributed by atoms with Crippen molar-refractivity contribution >= 4 is 38.7 Å². The van der Waals surface area contributed by atoms with E-state index in [2.05, 4.69) is 48.2 Å². The summed E-state index contributed by atoms with van der Waals surface area (Å²) in [6.07, 6.45) is 2.36. The first-order chi connectivity index (χ1) is 15.6. The number of halogens is 1. The fourth-order valence-electron chi connectivity index (χ4n) is 3.82. The van der Waals surface area contributed by atoms with E-state index in [1.165, 1.54) is 5.56 Å². The third-order valence-corrected chi connectivity index (χ3v) is 6.12. The first-order valence-electron chi connectivity index (χ1n) is 10.5. The van der Waals surface area contributed by atoms with Gasteiger partial charge in [-0.25, -0.2) is 14.8 Å². The average molecular weight is 500 g/mol. The number of aromatic nitrogens is 2. The highest BCUT2D eigenvalue weighted by Gasteiger charge is 2.23. The number of anilines is 1. The number of amides is 2. The number of rotatable bonds is 6. The van der Waals surface area contributed by atoms with Crippen molar-refractivity contribution in [3.63, 3.8) is 0 Å². The van der Waals surface area contributed by atoms with Crippen molar-refractivity contribution in [3.05, 3.63) is 52.8 Å². The lowest BCUT2D eigenvalue weighted by molar-refractivity contribution is 0.194. The summed E-state index contributed by atoms with van der Waals surface area (Å²) in [7, 11) is 3.22. The van der Waals surface area contributed by atoms with Crippen LogP contribution in [0, 0.1) is 0 Å². The molecule has 1 aliphatic rings. The van der Waals surface area contributed by atoms with Gasteiger partial charge in [0.25, 0.3) is 0 Å². The fraction of sp³-hybridized carbons (Fsp3) is 0.348. The number of nitrogens with zero attached hydrogens (tertiary/aromatic N) is 4. The number of nitrogens with one attached hydrogen (secondary N) is 1. The minimum atomic E-state index is -0.0271. The van der Waals surface area contributed by atoms with Crippen LogP contribution in [0.5, 0.6) is 11.5 Å². The van der Waals surface area contributed by atoms with Crippen molar-refractivity contribution < 1.29 is 14.3 Å². The summed E-state index contributed by atoms with van der Waals surface area (Å²) in [4.78, 5) is 25.5. The normalized spacial score (nSPS) is 13.8. The molecule has 0 bridgehead atoms. The van der Waals surface area contributed by atoms with Crippen LogP contribution in [0.2, 0.25) is 0 Å². The Morgan fingerprint density at radius 3 is 2.41 bits per heavy atom. The van der Waals surface area contributed by atoms with E-state index in [0.717, 1.165) is 27.6 Å². The molecule has 0 aliphatic carbocycles. The molecule has 0 saturated carbocycles. The summed E-state index contributed by atoms with van der Waals surface area (Å²) in [6, 6.07) is 11.9. The Balaban J connectivity index is 1.36. The molecule has 0 radical (unpaired) electrons. The number of methoxy groups -OCH3 is 2. The molecule has 2 amide bonds. The molecule has 4 rings (SSSR count). The van der Waals surface area contributed by atoms with Gasteiger partial charge in [-0.15, -0.1) is 0 Å². The van der Waals surface area contributed by atoms with Gasteiger partial charge in [0.05, 0.1) is 19.7 Å². The van der Waals surface area contributed by atoms with Crippen LogP contribution >= 0.6 is 15.9 Å². The molecule has 9 heteroatoms. The summed E-state index contributed by atoms with van der Waals surface area (Å²) in [5, 5.41) is 3.93. The van der Waals surface area contributed by atoms with Crippen LogP contribution in [-0.2, 0) is 6.42 Å². The summed E-state index contributed by atoms with van der Waals surface area (Å²) < 4.78 is 11.9. The highest BCUT2D eigenvalue weighted by atomic mass is 79.9. The third-order valence-electron chi connectivity index (χ3n) is 5.59. The Kier molecular flexibility index (Phi) is 6.94. The first-order valence-corrected chi connectivity index (χ1v) is 11.3. The van der Waals surface area contributed by atoms with Gasteiger partial charge in [-0.3, -0.25) is 0 Å².